The van der Waals surface area contributed by atoms with E-state index in [-0.39, 0.29) is 11.9 Å². The predicted octanol–water partition coefficient (Wildman–Crippen LogP) is 5.54. The first-order chi connectivity index (χ1) is 14.6. The standard InChI is InChI=1S/C25H27ClN2OS/c1-3-20-17(2)30-25-21(20)13-14-28(24(25)18-9-5-4-6-10-18)16-23(29)27-15-19-11-7-8-12-22(19)26/h4-12,24H,3,13-16H2,1-2H3,(H,27,29)/t24-/m0/s1. The van der Waals surface area contributed by atoms with Crippen molar-refractivity contribution < 1.29 is 4.79 Å². The summed E-state index contributed by atoms with van der Waals surface area (Å²) in [5.41, 5.74) is 5.19. The maximum absolute atomic E-state index is 12.8. The van der Waals surface area contributed by atoms with E-state index >= 15 is 0 Å². The molecule has 0 saturated carbocycles. The fourth-order valence-electron chi connectivity index (χ4n) is 4.40. The van der Waals surface area contributed by atoms with Crippen molar-refractivity contribution in [1.82, 2.24) is 10.2 Å². The number of hydrogen-bond acceptors (Lipinski definition) is 3. The third-order valence-electron chi connectivity index (χ3n) is 5.86. The van der Waals surface area contributed by atoms with Crippen LogP contribution in [0.15, 0.2) is 54.6 Å². The van der Waals surface area contributed by atoms with Crippen molar-refractivity contribution in [1.29, 1.82) is 0 Å². The number of amides is 1. The molecule has 1 aliphatic rings. The number of aryl methyl sites for hydroxylation is 1. The van der Waals surface area contributed by atoms with Gasteiger partial charge in [-0.3, -0.25) is 9.69 Å². The number of fused-ring (bicyclic) bond motifs is 1. The molecule has 3 nitrogen and oxygen atoms in total. The molecule has 1 amide bonds. The van der Waals surface area contributed by atoms with E-state index in [9.17, 15) is 4.79 Å². The molecule has 0 saturated heterocycles. The van der Waals surface area contributed by atoms with Gasteiger partial charge in [-0.2, -0.15) is 0 Å². The third kappa shape index (κ3) is 4.31. The van der Waals surface area contributed by atoms with Gasteiger partial charge in [0.1, 0.15) is 0 Å². The van der Waals surface area contributed by atoms with Gasteiger partial charge in [0.05, 0.1) is 12.6 Å². The second-order valence-electron chi connectivity index (χ2n) is 7.73. The highest BCUT2D eigenvalue weighted by molar-refractivity contribution is 7.12. The van der Waals surface area contributed by atoms with Gasteiger partial charge in [0, 0.05) is 27.9 Å². The van der Waals surface area contributed by atoms with Crippen molar-refractivity contribution in [2.75, 3.05) is 13.1 Å². The number of halogens is 1. The number of carbonyl (C=O) groups excluding carboxylic acids is 1. The van der Waals surface area contributed by atoms with Gasteiger partial charge in [0.25, 0.3) is 0 Å². The molecule has 1 atom stereocenters. The second-order valence-corrected chi connectivity index (χ2v) is 9.40. The number of benzene rings is 2. The SMILES string of the molecule is CCc1c(C)sc2c1CCN(CC(=O)NCc1ccccc1Cl)[C@H]2c1ccccc1. The molecule has 156 valence electrons. The Bertz CT molecular complexity index is 1030. The molecule has 0 spiro atoms. The average molecular weight is 439 g/mol. The van der Waals surface area contributed by atoms with E-state index in [0.717, 1.165) is 24.9 Å². The first kappa shape index (κ1) is 21.1. The van der Waals surface area contributed by atoms with Crippen LogP contribution in [0.4, 0.5) is 0 Å². The molecule has 5 heteroatoms. The summed E-state index contributed by atoms with van der Waals surface area (Å²) >= 11 is 8.13. The van der Waals surface area contributed by atoms with Crippen LogP contribution < -0.4 is 5.32 Å². The quantitative estimate of drug-likeness (QED) is 0.548. The predicted molar refractivity (Wildman–Crippen MR) is 125 cm³/mol. The number of nitrogens with one attached hydrogen (secondary N) is 1. The summed E-state index contributed by atoms with van der Waals surface area (Å²) in [4.78, 5) is 17.9. The van der Waals surface area contributed by atoms with Crippen LogP contribution in [-0.2, 0) is 24.2 Å². The van der Waals surface area contributed by atoms with Gasteiger partial charge in [-0.1, -0.05) is 67.1 Å². The Morgan fingerprint density at radius 2 is 1.90 bits per heavy atom. The highest BCUT2D eigenvalue weighted by Gasteiger charge is 2.33. The molecule has 1 N–H and O–H groups in total. The molecule has 1 aromatic heterocycles. The van der Waals surface area contributed by atoms with Gasteiger partial charge in [-0.15, -0.1) is 11.3 Å². The monoisotopic (exact) mass is 438 g/mol. The van der Waals surface area contributed by atoms with E-state index in [1.54, 1.807) is 0 Å². The van der Waals surface area contributed by atoms with Crippen LogP contribution in [0, 0.1) is 6.92 Å². The maximum atomic E-state index is 12.8. The minimum absolute atomic E-state index is 0.0308. The normalized spacial score (nSPS) is 16.3. The Hall–Kier alpha value is -2.14. The molecule has 0 aliphatic carbocycles. The topological polar surface area (TPSA) is 32.3 Å². The Balaban J connectivity index is 1.56. The molecule has 2 aromatic carbocycles. The second kappa shape index (κ2) is 9.34. The van der Waals surface area contributed by atoms with Gasteiger partial charge in [-0.05, 0) is 48.1 Å². The van der Waals surface area contributed by atoms with Crippen LogP contribution in [0.2, 0.25) is 5.02 Å². The first-order valence-electron chi connectivity index (χ1n) is 10.5. The van der Waals surface area contributed by atoms with Crippen LogP contribution in [0.3, 0.4) is 0 Å². The number of carbonyl (C=O) groups is 1. The largest absolute Gasteiger partial charge is 0.351 e. The lowest BCUT2D eigenvalue weighted by Crippen LogP contribution is -2.42. The fraction of sp³-hybridized carbons (Fsp3) is 0.320. The molecule has 0 unspecified atom stereocenters. The summed E-state index contributed by atoms with van der Waals surface area (Å²) in [6.45, 7) is 6.18. The zero-order valence-electron chi connectivity index (χ0n) is 17.5. The molecular formula is C25H27ClN2OS. The molecule has 1 aliphatic heterocycles. The summed E-state index contributed by atoms with van der Waals surface area (Å²) in [6.07, 6.45) is 2.07. The fourth-order valence-corrected chi connectivity index (χ4v) is 6.07. The molecular weight excluding hydrogens is 412 g/mol. The molecule has 0 fully saturated rings. The van der Waals surface area contributed by atoms with Crippen LogP contribution >= 0.6 is 22.9 Å². The third-order valence-corrected chi connectivity index (χ3v) is 7.47. The molecule has 2 heterocycles. The van der Waals surface area contributed by atoms with Crippen LogP contribution in [0.5, 0.6) is 0 Å². The van der Waals surface area contributed by atoms with Crippen LogP contribution in [-0.4, -0.2) is 23.9 Å². The Morgan fingerprint density at radius 1 is 1.17 bits per heavy atom. The van der Waals surface area contributed by atoms with Crippen molar-refractivity contribution in [3.63, 3.8) is 0 Å². The Morgan fingerprint density at radius 3 is 2.63 bits per heavy atom. The maximum Gasteiger partial charge on any atom is 0.234 e. The summed E-state index contributed by atoms with van der Waals surface area (Å²) in [7, 11) is 0. The zero-order valence-corrected chi connectivity index (χ0v) is 19.0. The average Bonchev–Trinajstić information content (AvgIpc) is 3.08. The van der Waals surface area contributed by atoms with E-state index in [1.165, 1.54) is 26.4 Å². The van der Waals surface area contributed by atoms with Crippen LogP contribution in [0.25, 0.3) is 0 Å². The molecule has 0 bridgehead atoms. The zero-order chi connectivity index (χ0) is 21.1. The van der Waals surface area contributed by atoms with Gasteiger partial charge in [0.15, 0.2) is 0 Å². The number of nitrogens with zero attached hydrogens (tertiary/aromatic N) is 1. The van der Waals surface area contributed by atoms with Gasteiger partial charge < -0.3 is 5.32 Å². The van der Waals surface area contributed by atoms with Crippen molar-refractivity contribution >= 4 is 28.8 Å². The lowest BCUT2D eigenvalue weighted by Gasteiger charge is -2.36. The van der Waals surface area contributed by atoms with Gasteiger partial charge in [0.2, 0.25) is 5.91 Å². The van der Waals surface area contributed by atoms with Crippen molar-refractivity contribution in [2.45, 2.75) is 39.3 Å². The Labute approximate surface area is 187 Å². The minimum atomic E-state index is 0.0308. The summed E-state index contributed by atoms with van der Waals surface area (Å²) < 4.78 is 0. The highest BCUT2D eigenvalue weighted by atomic mass is 35.5. The number of hydrogen-bond donors (Lipinski definition) is 1. The van der Waals surface area contributed by atoms with Crippen molar-refractivity contribution in [2.24, 2.45) is 0 Å². The first-order valence-corrected chi connectivity index (χ1v) is 11.7. The van der Waals surface area contributed by atoms with Crippen molar-refractivity contribution in [3.8, 4) is 0 Å². The van der Waals surface area contributed by atoms with E-state index < -0.39 is 0 Å². The van der Waals surface area contributed by atoms with E-state index in [2.05, 4.69) is 48.3 Å². The number of thiophene rings is 1. The smallest absolute Gasteiger partial charge is 0.234 e. The van der Waals surface area contributed by atoms with Gasteiger partial charge in [-0.25, -0.2) is 0 Å². The highest BCUT2D eigenvalue weighted by Crippen LogP contribution is 2.42. The molecule has 30 heavy (non-hydrogen) atoms. The van der Waals surface area contributed by atoms with E-state index in [0.29, 0.717) is 18.1 Å². The van der Waals surface area contributed by atoms with Crippen molar-refractivity contribution in [3.05, 3.63) is 91.6 Å². The minimum Gasteiger partial charge on any atom is -0.351 e. The lowest BCUT2D eigenvalue weighted by atomic mass is 9.91. The summed E-state index contributed by atoms with van der Waals surface area (Å²) in [5, 5.41) is 3.73. The van der Waals surface area contributed by atoms with E-state index in [1.807, 2.05) is 41.7 Å². The molecule has 0 radical (unpaired) electrons. The summed E-state index contributed by atoms with van der Waals surface area (Å²) in [5.74, 6) is 0.0308. The Kier molecular flexibility index (Phi) is 6.57. The van der Waals surface area contributed by atoms with E-state index in [4.69, 9.17) is 11.6 Å². The van der Waals surface area contributed by atoms with Gasteiger partial charge >= 0.3 is 0 Å². The molecule has 3 aromatic rings. The molecule has 4 rings (SSSR count). The van der Waals surface area contributed by atoms with Crippen LogP contribution in [0.1, 0.15) is 45.0 Å². The number of rotatable bonds is 6. The summed E-state index contributed by atoms with van der Waals surface area (Å²) in [6, 6.07) is 18.3. The lowest BCUT2D eigenvalue weighted by molar-refractivity contribution is -0.122.